The number of nitro groups is 6. The normalized spacial score (nSPS) is 10.1. The Bertz CT molecular complexity index is 807. The van der Waals surface area contributed by atoms with Crippen LogP contribution in [-0.2, 0) is 6.54 Å². The molecule has 0 bridgehead atoms. The number of nitrogens with zero attached hydrogens (tertiary/aromatic N) is 6. The number of benzene rings is 1. The van der Waals surface area contributed by atoms with E-state index in [1.54, 1.807) is 0 Å². The Morgan fingerprint density at radius 2 is 0.720 bits per heavy atom. The fourth-order valence-corrected chi connectivity index (χ4v) is 1.93. The minimum Gasteiger partial charge on any atom is -0.264 e. The number of hydrogen-bond donors (Lipinski definition) is 0. The van der Waals surface area contributed by atoms with Gasteiger partial charge in [-0.2, -0.15) is 0 Å². The lowest BCUT2D eigenvalue weighted by Crippen LogP contribution is -2.13. The Labute approximate surface area is 132 Å². The average molecular weight is 362 g/mol. The Kier molecular flexibility index (Phi) is 4.77. The van der Waals surface area contributed by atoms with Crippen LogP contribution in [0, 0.1) is 60.7 Å². The van der Waals surface area contributed by atoms with E-state index in [2.05, 4.69) is 0 Å². The molecule has 1 rings (SSSR count). The lowest BCUT2D eigenvalue weighted by Gasteiger charge is -2.03. The fraction of sp³-hybridized carbons (Fsp3) is 0.143. The Balaban J connectivity index is 4.41. The monoisotopic (exact) mass is 362 g/mol. The molecule has 0 aliphatic rings. The maximum atomic E-state index is 11.0. The van der Waals surface area contributed by atoms with Crippen molar-refractivity contribution >= 4 is 28.4 Å². The predicted molar refractivity (Wildman–Crippen MR) is 70.4 cm³/mol. The molecule has 1 aromatic carbocycles. The van der Waals surface area contributed by atoms with E-state index in [-0.39, 0.29) is 0 Å². The Morgan fingerprint density at radius 1 is 0.480 bits per heavy atom. The van der Waals surface area contributed by atoms with Crippen LogP contribution < -0.4 is 0 Å². The average Bonchev–Trinajstić information content (AvgIpc) is 2.43. The van der Waals surface area contributed by atoms with Crippen LogP contribution in [-0.4, -0.2) is 29.5 Å². The molecule has 0 amide bonds. The van der Waals surface area contributed by atoms with Gasteiger partial charge in [-0.1, -0.05) is 0 Å². The van der Waals surface area contributed by atoms with Crippen LogP contribution in [0.3, 0.4) is 0 Å². The first kappa shape index (κ1) is 18.7. The van der Waals surface area contributed by atoms with E-state index in [1.165, 1.54) is 0 Å². The topological polar surface area (TPSA) is 259 Å². The van der Waals surface area contributed by atoms with Crippen LogP contribution in [0.2, 0.25) is 0 Å². The second kappa shape index (κ2) is 6.39. The Hall–Kier alpha value is -4.38. The summed E-state index contributed by atoms with van der Waals surface area (Å²) in [6, 6.07) is 0. The van der Waals surface area contributed by atoms with Crippen molar-refractivity contribution in [3.63, 3.8) is 0 Å². The Morgan fingerprint density at radius 3 is 0.920 bits per heavy atom. The van der Waals surface area contributed by atoms with Gasteiger partial charge in [0.1, 0.15) is 0 Å². The van der Waals surface area contributed by atoms with Gasteiger partial charge in [0, 0.05) is 4.92 Å². The summed E-state index contributed by atoms with van der Waals surface area (Å²) >= 11 is 0. The molecule has 25 heavy (non-hydrogen) atoms. The lowest BCUT2D eigenvalue weighted by molar-refractivity contribution is -0.502. The first-order valence-electron chi connectivity index (χ1n) is 5.48. The SMILES string of the molecule is O=[N+]([O-])Cc1c([N+](=O)[O-])c([N+](=O)[O-])c([N+](=O)[O-])c([N+](=O)[O-])c1[N+](=O)[O-]. The highest BCUT2D eigenvalue weighted by Crippen LogP contribution is 2.51. The molecule has 0 aliphatic carbocycles. The largest absolute Gasteiger partial charge is 0.437 e. The van der Waals surface area contributed by atoms with Gasteiger partial charge in [-0.15, -0.1) is 0 Å². The molecule has 0 radical (unpaired) electrons. The predicted octanol–water partition coefficient (Wildman–Crippen LogP) is 1.00. The highest BCUT2D eigenvalue weighted by atomic mass is 16.7. The van der Waals surface area contributed by atoms with Gasteiger partial charge in [-0.3, -0.25) is 60.7 Å². The quantitative estimate of drug-likeness (QED) is 0.485. The molecule has 132 valence electrons. The van der Waals surface area contributed by atoms with Crippen LogP contribution in [0.1, 0.15) is 5.56 Å². The van der Waals surface area contributed by atoms with Crippen molar-refractivity contribution in [2.45, 2.75) is 6.54 Å². The molecule has 0 saturated carbocycles. The van der Waals surface area contributed by atoms with Crippen molar-refractivity contribution in [2.75, 3.05) is 0 Å². The zero-order valence-corrected chi connectivity index (χ0v) is 11.3. The third-order valence-corrected chi connectivity index (χ3v) is 2.67. The fourth-order valence-electron chi connectivity index (χ4n) is 1.93. The zero-order valence-electron chi connectivity index (χ0n) is 11.3. The van der Waals surface area contributed by atoms with Gasteiger partial charge in [0.25, 0.3) is 0 Å². The van der Waals surface area contributed by atoms with Crippen molar-refractivity contribution in [1.82, 2.24) is 0 Å². The summed E-state index contributed by atoms with van der Waals surface area (Å²) in [7, 11) is 0. The molecular formula is C7H2N6O12. The van der Waals surface area contributed by atoms with E-state index in [0.29, 0.717) is 0 Å². The highest BCUT2D eigenvalue weighted by Gasteiger charge is 2.55. The molecule has 0 N–H and O–H groups in total. The molecule has 0 fully saturated rings. The summed E-state index contributed by atoms with van der Waals surface area (Å²) in [5.41, 5.74) is -11.7. The minimum atomic E-state index is -2.12. The number of nitro benzene ring substituents is 5. The summed E-state index contributed by atoms with van der Waals surface area (Å²) in [5, 5.41) is 65.5. The molecule has 18 nitrogen and oxygen atoms in total. The van der Waals surface area contributed by atoms with E-state index in [4.69, 9.17) is 0 Å². The summed E-state index contributed by atoms with van der Waals surface area (Å²) in [4.78, 5) is 55.5. The van der Waals surface area contributed by atoms with Crippen LogP contribution in [0.25, 0.3) is 0 Å². The summed E-state index contributed by atoms with van der Waals surface area (Å²) in [5.74, 6) is 0. The van der Waals surface area contributed by atoms with Gasteiger partial charge in [0.15, 0.2) is 5.56 Å². The summed E-state index contributed by atoms with van der Waals surface area (Å²) < 4.78 is 0. The summed E-state index contributed by atoms with van der Waals surface area (Å²) in [6.45, 7) is -1.79. The van der Waals surface area contributed by atoms with Crippen molar-refractivity contribution < 1.29 is 29.5 Å². The number of hydrogen-bond acceptors (Lipinski definition) is 12. The lowest BCUT2D eigenvalue weighted by atomic mass is 10.0. The van der Waals surface area contributed by atoms with E-state index < -0.39 is 70.1 Å². The highest BCUT2D eigenvalue weighted by molar-refractivity contribution is 5.85. The van der Waals surface area contributed by atoms with E-state index in [1.807, 2.05) is 0 Å². The molecule has 0 aliphatic heterocycles. The van der Waals surface area contributed by atoms with E-state index in [9.17, 15) is 60.7 Å². The molecule has 0 spiro atoms. The van der Waals surface area contributed by atoms with E-state index >= 15 is 0 Å². The molecule has 0 aromatic heterocycles. The van der Waals surface area contributed by atoms with Gasteiger partial charge < -0.3 is 0 Å². The number of rotatable bonds is 7. The van der Waals surface area contributed by atoms with E-state index in [0.717, 1.165) is 0 Å². The van der Waals surface area contributed by atoms with Crippen LogP contribution in [0.4, 0.5) is 28.4 Å². The van der Waals surface area contributed by atoms with Gasteiger partial charge in [0.05, 0.1) is 24.6 Å². The van der Waals surface area contributed by atoms with Crippen molar-refractivity contribution in [2.24, 2.45) is 0 Å². The zero-order chi connectivity index (χ0) is 19.6. The second-order valence-electron chi connectivity index (χ2n) is 4.00. The molecule has 0 heterocycles. The maximum absolute atomic E-state index is 11.0. The molecule has 1 aromatic rings. The molecule has 18 heteroatoms. The van der Waals surface area contributed by atoms with Crippen LogP contribution >= 0.6 is 0 Å². The second-order valence-corrected chi connectivity index (χ2v) is 4.00. The van der Waals surface area contributed by atoms with Gasteiger partial charge in [0.2, 0.25) is 6.54 Å². The van der Waals surface area contributed by atoms with Gasteiger partial charge in [-0.25, -0.2) is 0 Å². The maximum Gasteiger partial charge on any atom is 0.437 e. The minimum absolute atomic E-state index is 1.38. The van der Waals surface area contributed by atoms with Crippen molar-refractivity contribution in [1.29, 1.82) is 0 Å². The van der Waals surface area contributed by atoms with Gasteiger partial charge in [-0.05, 0) is 0 Å². The molecule has 0 unspecified atom stereocenters. The van der Waals surface area contributed by atoms with Crippen LogP contribution in [0.5, 0.6) is 0 Å². The third-order valence-electron chi connectivity index (χ3n) is 2.67. The first-order chi connectivity index (χ1) is 11.4. The van der Waals surface area contributed by atoms with Crippen LogP contribution in [0.15, 0.2) is 0 Å². The molecule has 0 saturated heterocycles. The molecule has 0 atom stereocenters. The van der Waals surface area contributed by atoms with Crippen molar-refractivity contribution in [3.8, 4) is 0 Å². The van der Waals surface area contributed by atoms with Crippen molar-refractivity contribution in [3.05, 3.63) is 66.2 Å². The van der Waals surface area contributed by atoms with Gasteiger partial charge >= 0.3 is 28.4 Å². The smallest absolute Gasteiger partial charge is 0.264 e. The standard InChI is InChI=1S/C7H2N6O12/c14-8(15)1-2-3(9(16)17)5(11(20)21)7(13(24)25)6(12(22)23)4(2)10(18)19/h1H2. The first-order valence-corrected chi connectivity index (χ1v) is 5.48. The molecular weight excluding hydrogens is 360 g/mol. The summed E-state index contributed by atoms with van der Waals surface area (Å²) in [6.07, 6.45) is 0. The third kappa shape index (κ3) is 3.20.